The third-order valence-corrected chi connectivity index (χ3v) is 4.69. The van der Waals surface area contributed by atoms with Crippen LogP contribution in [0.1, 0.15) is 19.3 Å². The van der Waals surface area contributed by atoms with Gasteiger partial charge in [0.1, 0.15) is 0 Å². The first-order valence-corrected chi connectivity index (χ1v) is 8.15. The van der Waals surface area contributed by atoms with Crippen LogP contribution in [-0.4, -0.2) is 62.9 Å². The van der Waals surface area contributed by atoms with Crippen LogP contribution >= 0.6 is 0 Å². The maximum atomic E-state index is 11.8. The number of carboxylic acid groups (broad SMARTS) is 1. The van der Waals surface area contributed by atoms with Crippen LogP contribution in [0.5, 0.6) is 0 Å². The van der Waals surface area contributed by atoms with E-state index in [1.165, 1.54) is 7.05 Å². The van der Waals surface area contributed by atoms with Gasteiger partial charge in [-0.1, -0.05) is 0 Å². The number of likely N-dealkylation sites (tertiary alicyclic amines) is 1. The largest absolute Gasteiger partial charge is 0.481 e. The minimum atomic E-state index is -3.32. The van der Waals surface area contributed by atoms with Crippen molar-refractivity contribution in [3.8, 4) is 0 Å². The van der Waals surface area contributed by atoms with Gasteiger partial charge in [0.25, 0.3) is 0 Å². The molecule has 0 atom stereocenters. The lowest BCUT2D eigenvalue weighted by molar-refractivity contribution is -0.138. The average molecular weight is 307 g/mol. The SMILES string of the molecule is CNS(=O)(=O)CCNC(=O)N1CCC(CC(=O)O)CC1. The minimum absolute atomic E-state index is 0.0526. The number of amides is 2. The molecule has 1 aliphatic rings. The predicted octanol–water partition coefficient (Wildman–Crippen LogP) is -0.568. The molecule has 0 aromatic rings. The molecule has 0 saturated carbocycles. The zero-order valence-corrected chi connectivity index (χ0v) is 12.3. The molecule has 116 valence electrons. The second-order valence-corrected chi connectivity index (χ2v) is 6.83. The lowest BCUT2D eigenvalue weighted by atomic mass is 9.94. The van der Waals surface area contributed by atoms with Gasteiger partial charge in [-0.05, 0) is 25.8 Å². The van der Waals surface area contributed by atoms with Crippen molar-refractivity contribution in [3.63, 3.8) is 0 Å². The fourth-order valence-corrected chi connectivity index (χ4v) is 2.67. The van der Waals surface area contributed by atoms with Gasteiger partial charge >= 0.3 is 12.0 Å². The number of urea groups is 1. The standard InChI is InChI=1S/C11H21N3O5S/c1-12-20(18,19)7-4-13-11(17)14-5-2-9(3-6-14)8-10(15)16/h9,12H,2-8H2,1H3,(H,13,17)(H,15,16). The van der Waals surface area contributed by atoms with Gasteiger partial charge in [0, 0.05) is 26.1 Å². The highest BCUT2D eigenvalue weighted by Gasteiger charge is 2.24. The van der Waals surface area contributed by atoms with E-state index in [0.717, 1.165) is 0 Å². The van der Waals surface area contributed by atoms with Crippen molar-refractivity contribution >= 4 is 22.0 Å². The Morgan fingerprint density at radius 2 is 1.90 bits per heavy atom. The summed E-state index contributed by atoms with van der Waals surface area (Å²) in [5.41, 5.74) is 0. The molecule has 9 heteroatoms. The summed E-state index contributed by atoms with van der Waals surface area (Å²) in [6.45, 7) is 1.06. The molecule has 8 nitrogen and oxygen atoms in total. The molecule has 0 bridgehead atoms. The molecular formula is C11H21N3O5S. The van der Waals surface area contributed by atoms with Crippen molar-refractivity contribution in [3.05, 3.63) is 0 Å². The number of piperidine rings is 1. The van der Waals surface area contributed by atoms with E-state index in [-0.39, 0.29) is 30.7 Å². The highest BCUT2D eigenvalue weighted by molar-refractivity contribution is 7.89. The van der Waals surface area contributed by atoms with E-state index < -0.39 is 16.0 Å². The number of nitrogens with one attached hydrogen (secondary N) is 2. The van der Waals surface area contributed by atoms with Crippen LogP contribution in [0.2, 0.25) is 0 Å². The van der Waals surface area contributed by atoms with Crippen molar-refractivity contribution in [2.45, 2.75) is 19.3 Å². The van der Waals surface area contributed by atoms with E-state index in [2.05, 4.69) is 10.0 Å². The van der Waals surface area contributed by atoms with Gasteiger partial charge in [0.15, 0.2) is 0 Å². The highest BCUT2D eigenvalue weighted by atomic mass is 32.2. The van der Waals surface area contributed by atoms with E-state index in [1.807, 2.05) is 0 Å². The minimum Gasteiger partial charge on any atom is -0.481 e. The number of hydrogen-bond acceptors (Lipinski definition) is 4. The van der Waals surface area contributed by atoms with Crippen LogP contribution in [0.15, 0.2) is 0 Å². The second kappa shape index (κ2) is 7.44. The quantitative estimate of drug-likeness (QED) is 0.608. The molecular weight excluding hydrogens is 286 g/mol. The van der Waals surface area contributed by atoms with E-state index in [1.54, 1.807) is 4.90 Å². The summed E-state index contributed by atoms with van der Waals surface area (Å²) in [4.78, 5) is 24.0. The molecule has 0 aromatic carbocycles. The van der Waals surface area contributed by atoms with Crippen molar-refractivity contribution < 1.29 is 23.1 Å². The Labute approximate surface area is 118 Å². The molecule has 3 N–H and O–H groups in total. The number of aliphatic carboxylic acids is 1. The normalized spacial score (nSPS) is 16.9. The molecule has 2 amide bonds. The summed E-state index contributed by atoms with van der Waals surface area (Å²) >= 11 is 0. The molecule has 1 heterocycles. The molecule has 1 fully saturated rings. The smallest absolute Gasteiger partial charge is 0.317 e. The number of carboxylic acids is 1. The van der Waals surface area contributed by atoms with E-state index in [9.17, 15) is 18.0 Å². The number of hydrogen-bond donors (Lipinski definition) is 3. The van der Waals surface area contributed by atoms with Crippen molar-refractivity contribution in [1.29, 1.82) is 0 Å². The van der Waals surface area contributed by atoms with Gasteiger partial charge in [0.2, 0.25) is 10.0 Å². The van der Waals surface area contributed by atoms with E-state index >= 15 is 0 Å². The third kappa shape index (κ3) is 5.74. The van der Waals surface area contributed by atoms with Crippen LogP contribution in [0.25, 0.3) is 0 Å². The molecule has 1 aliphatic heterocycles. The topological polar surface area (TPSA) is 116 Å². The first-order valence-electron chi connectivity index (χ1n) is 6.50. The van der Waals surface area contributed by atoms with Gasteiger partial charge in [-0.3, -0.25) is 4.79 Å². The summed E-state index contributed by atoms with van der Waals surface area (Å²) in [6, 6.07) is -0.301. The molecule has 0 aromatic heterocycles. The first kappa shape index (κ1) is 16.7. The van der Waals surface area contributed by atoms with Crippen LogP contribution in [0.3, 0.4) is 0 Å². The number of carbonyl (C=O) groups excluding carboxylic acids is 1. The third-order valence-electron chi connectivity index (χ3n) is 3.32. The zero-order chi connectivity index (χ0) is 15.2. The summed E-state index contributed by atoms with van der Waals surface area (Å²) in [7, 11) is -1.99. The van der Waals surface area contributed by atoms with Crippen LogP contribution in [-0.2, 0) is 14.8 Å². The first-order chi connectivity index (χ1) is 9.34. The van der Waals surface area contributed by atoms with Gasteiger partial charge in [-0.2, -0.15) is 0 Å². The number of nitrogens with zero attached hydrogens (tertiary/aromatic N) is 1. The van der Waals surface area contributed by atoms with E-state index in [0.29, 0.717) is 25.9 Å². The maximum absolute atomic E-state index is 11.8. The molecule has 20 heavy (non-hydrogen) atoms. The molecule has 0 unspecified atom stereocenters. The highest BCUT2D eigenvalue weighted by Crippen LogP contribution is 2.20. The van der Waals surface area contributed by atoms with E-state index in [4.69, 9.17) is 5.11 Å². The van der Waals surface area contributed by atoms with Crippen molar-refractivity contribution in [2.24, 2.45) is 5.92 Å². The Morgan fingerprint density at radius 1 is 1.30 bits per heavy atom. The van der Waals surface area contributed by atoms with Gasteiger partial charge in [0.05, 0.1) is 5.75 Å². The van der Waals surface area contributed by atoms with Crippen molar-refractivity contribution in [1.82, 2.24) is 14.9 Å². The Bertz CT molecular complexity index is 443. The van der Waals surface area contributed by atoms with Crippen LogP contribution in [0.4, 0.5) is 4.79 Å². The summed E-state index contributed by atoms with van der Waals surface area (Å²) in [5, 5.41) is 11.3. The maximum Gasteiger partial charge on any atom is 0.317 e. The Hall–Kier alpha value is -1.35. The number of carbonyl (C=O) groups is 2. The monoisotopic (exact) mass is 307 g/mol. The number of rotatable bonds is 6. The predicted molar refractivity (Wildman–Crippen MR) is 72.8 cm³/mol. The Morgan fingerprint density at radius 3 is 2.40 bits per heavy atom. The summed E-state index contributed by atoms with van der Waals surface area (Å²) in [6.07, 6.45) is 1.46. The van der Waals surface area contributed by atoms with Crippen molar-refractivity contribution in [2.75, 3.05) is 32.4 Å². The molecule has 0 aliphatic carbocycles. The fourth-order valence-electron chi connectivity index (χ4n) is 2.09. The molecule has 1 saturated heterocycles. The lowest BCUT2D eigenvalue weighted by Crippen LogP contribution is -2.46. The van der Waals surface area contributed by atoms with Gasteiger partial charge in [-0.15, -0.1) is 0 Å². The Balaban J connectivity index is 2.27. The molecule has 0 radical (unpaired) electrons. The zero-order valence-electron chi connectivity index (χ0n) is 11.5. The Kier molecular flexibility index (Phi) is 6.21. The average Bonchev–Trinajstić information content (AvgIpc) is 2.38. The van der Waals surface area contributed by atoms with Crippen LogP contribution < -0.4 is 10.0 Å². The fraction of sp³-hybridized carbons (Fsp3) is 0.818. The second-order valence-electron chi connectivity index (χ2n) is 4.78. The lowest BCUT2D eigenvalue weighted by Gasteiger charge is -2.31. The molecule has 1 rings (SSSR count). The number of sulfonamides is 1. The summed E-state index contributed by atoms with van der Waals surface area (Å²) in [5.74, 6) is -0.864. The van der Waals surface area contributed by atoms with Crippen LogP contribution in [0, 0.1) is 5.92 Å². The van der Waals surface area contributed by atoms with Gasteiger partial charge < -0.3 is 15.3 Å². The van der Waals surface area contributed by atoms with Gasteiger partial charge in [-0.25, -0.2) is 17.9 Å². The molecule has 0 spiro atoms. The summed E-state index contributed by atoms with van der Waals surface area (Å²) < 4.78 is 24.5.